The monoisotopic (exact) mass is 363 g/mol. The van der Waals surface area contributed by atoms with Gasteiger partial charge in [0.25, 0.3) is 0 Å². The highest BCUT2D eigenvalue weighted by Crippen LogP contribution is 2.24. The van der Waals surface area contributed by atoms with Gasteiger partial charge in [0.2, 0.25) is 10.0 Å². The molecule has 0 saturated carbocycles. The number of aliphatic hydroxyl groups excluding tert-OH is 1. The lowest BCUT2D eigenvalue weighted by Crippen LogP contribution is -2.32. The van der Waals surface area contributed by atoms with Crippen LogP contribution in [0.5, 0.6) is 0 Å². The number of halogens is 1. The first-order chi connectivity index (χ1) is 9.44. The molecule has 1 aromatic carbocycles. The van der Waals surface area contributed by atoms with Gasteiger partial charge >= 0.3 is 0 Å². The first-order valence-corrected chi connectivity index (χ1v) is 8.72. The molecule has 0 radical (unpaired) electrons. The van der Waals surface area contributed by atoms with E-state index in [-0.39, 0.29) is 23.5 Å². The van der Waals surface area contributed by atoms with Crippen molar-refractivity contribution in [2.45, 2.75) is 31.0 Å². The minimum absolute atomic E-state index is 0.0740. The highest BCUT2D eigenvalue weighted by molar-refractivity contribution is 9.10. The van der Waals surface area contributed by atoms with Crippen LogP contribution in [0.2, 0.25) is 0 Å². The molecule has 0 aromatic heterocycles. The van der Waals surface area contributed by atoms with Crippen LogP contribution in [-0.4, -0.2) is 32.8 Å². The van der Waals surface area contributed by atoms with Crippen LogP contribution in [0.15, 0.2) is 27.6 Å². The van der Waals surface area contributed by atoms with Gasteiger partial charge in [-0.15, -0.1) is 0 Å². The molecule has 1 aromatic rings. The van der Waals surface area contributed by atoms with E-state index in [1.54, 1.807) is 12.1 Å². The lowest BCUT2D eigenvalue weighted by Gasteiger charge is -2.15. The minimum Gasteiger partial charge on any atom is -0.392 e. The molecule has 5 nitrogen and oxygen atoms in total. The van der Waals surface area contributed by atoms with E-state index in [4.69, 9.17) is 9.84 Å². The number of sulfonamides is 1. The summed E-state index contributed by atoms with van der Waals surface area (Å²) < 4.78 is 33.2. The Hall–Kier alpha value is -0.470. The lowest BCUT2D eigenvalue weighted by molar-refractivity contribution is 0.107. The molecule has 7 heteroatoms. The van der Waals surface area contributed by atoms with Crippen molar-refractivity contribution in [3.63, 3.8) is 0 Å². The second-order valence-corrected chi connectivity index (χ2v) is 7.49. The van der Waals surface area contributed by atoms with Crippen molar-refractivity contribution in [3.05, 3.63) is 28.2 Å². The number of benzene rings is 1. The summed E-state index contributed by atoms with van der Waals surface area (Å²) in [6.07, 6.45) is 0.937. The molecule has 1 fully saturated rings. The quantitative estimate of drug-likeness (QED) is 0.833. The van der Waals surface area contributed by atoms with Gasteiger partial charge in [-0.1, -0.05) is 6.07 Å². The number of rotatable bonds is 5. The Kier molecular flexibility index (Phi) is 5.19. The summed E-state index contributed by atoms with van der Waals surface area (Å²) in [6, 6.07) is 4.78. The van der Waals surface area contributed by atoms with E-state index in [0.29, 0.717) is 23.2 Å². The molecule has 2 unspecified atom stereocenters. The molecule has 0 bridgehead atoms. The maximum absolute atomic E-state index is 12.3. The molecule has 1 aliphatic rings. The van der Waals surface area contributed by atoms with Gasteiger partial charge in [-0.25, -0.2) is 13.1 Å². The number of ether oxygens (including phenoxy) is 1. The molecule has 2 rings (SSSR count). The Balaban J connectivity index is 2.13. The van der Waals surface area contributed by atoms with Crippen LogP contribution in [0.4, 0.5) is 0 Å². The zero-order valence-electron chi connectivity index (χ0n) is 11.2. The second-order valence-electron chi connectivity index (χ2n) is 4.90. The van der Waals surface area contributed by atoms with Crippen molar-refractivity contribution in [2.24, 2.45) is 5.92 Å². The standard InChI is InChI=1S/C13H18BrNO4S/c1-9-11(4-5-19-9)7-15-20(17,18)13-6-10(8-16)2-3-12(13)14/h2-3,6,9,11,15-16H,4-5,7-8H2,1H3. The highest BCUT2D eigenvalue weighted by atomic mass is 79.9. The van der Waals surface area contributed by atoms with Crippen LogP contribution >= 0.6 is 15.9 Å². The average Bonchev–Trinajstić information content (AvgIpc) is 2.82. The van der Waals surface area contributed by atoms with Gasteiger partial charge in [-0.05, 0) is 47.0 Å². The molecule has 1 heterocycles. The van der Waals surface area contributed by atoms with Gasteiger partial charge < -0.3 is 9.84 Å². The zero-order chi connectivity index (χ0) is 14.8. The zero-order valence-corrected chi connectivity index (χ0v) is 13.6. The average molecular weight is 364 g/mol. The van der Waals surface area contributed by atoms with Crippen molar-refractivity contribution in [1.29, 1.82) is 0 Å². The van der Waals surface area contributed by atoms with E-state index in [1.165, 1.54) is 6.07 Å². The maximum atomic E-state index is 12.3. The van der Waals surface area contributed by atoms with Crippen LogP contribution in [0.25, 0.3) is 0 Å². The fourth-order valence-electron chi connectivity index (χ4n) is 2.19. The van der Waals surface area contributed by atoms with Gasteiger partial charge in [-0.3, -0.25) is 0 Å². The second kappa shape index (κ2) is 6.53. The minimum atomic E-state index is -3.60. The maximum Gasteiger partial charge on any atom is 0.241 e. The van der Waals surface area contributed by atoms with Gasteiger partial charge in [-0.2, -0.15) is 0 Å². The van der Waals surface area contributed by atoms with Gasteiger partial charge in [0.15, 0.2) is 0 Å². The van der Waals surface area contributed by atoms with E-state index < -0.39 is 10.0 Å². The smallest absolute Gasteiger partial charge is 0.241 e. The van der Waals surface area contributed by atoms with Crippen molar-refractivity contribution in [1.82, 2.24) is 4.72 Å². The summed E-state index contributed by atoms with van der Waals surface area (Å²) >= 11 is 3.24. The molecule has 112 valence electrons. The van der Waals surface area contributed by atoms with Crippen molar-refractivity contribution in [3.8, 4) is 0 Å². The molecule has 0 aliphatic carbocycles. The molecule has 20 heavy (non-hydrogen) atoms. The van der Waals surface area contributed by atoms with E-state index in [1.807, 2.05) is 6.92 Å². The van der Waals surface area contributed by atoms with E-state index in [0.717, 1.165) is 6.42 Å². The Bertz CT molecular complexity index is 576. The number of aliphatic hydroxyl groups is 1. The molecule has 2 atom stereocenters. The Morgan fingerprint density at radius 2 is 2.25 bits per heavy atom. The lowest BCUT2D eigenvalue weighted by atomic mass is 10.0. The summed E-state index contributed by atoms with van der Waals surface area (Å²) in [5.74, 6) is 0.199. The highest BCUT2D eigenvalue weighted by Gasteiger charge is 2.26. The third kappa shape index (κ3) is 3.59. The third-order valence-electron chi connectivity index (χ3n) is 3.54. The van der Waals surface area contributed by atoms with Crippen LogP contribution in [-0.2, 0) is 21.4 Å². The summed E-state index contributed by atoms with van der Waals surface area (Å²) in [4.78, 5) is 0.149. The summed E-state index contributed by atoms with van der Waals surface area (Å²) in [6.45, 7) is 2.80. The van der Waals surface area contributed by atoms with E-state index in [2.05, 4.69) is 20.7 Å². The molecule has 1 saturated heterocycles. The molecule has 0 amide bonds. The van der Waals surface area contributed by atoms with Gasteiger partial charge in [0.05, 0.1) is 17.6 Å². The fourth-order valence-corrected chi connectivity index (χ4v) is 4.30. The summed E-state index contributed by atoms with van der Waals surface area (Å²) in [5, 5.41) is 9.11. The Morgan fingerprint density at radius 3 is 2.85 bits per heavy atom. The van der Waals surface area contributed by atoms with Crippen molar-refractivity contribution in [2.75, 3.05) is 13.2 Å². The number of nitrogens with one attached hydrogen (secondary N) is 1. The predicted molar refractivity (Wildman–Crippen MR) is 78.8 cm³/mol. The molecule has 1 aliphatic heterocycles. The molecular weight excluding hydrogens is 346 g/mol. The van der Waals surface area contributed by atoms with Crippen LogP contribution in [0.1, 0.15) is 18.9 Å². The van der Waals surface area contributed by atoms with Crippen LogP contribution in [0.3, 0.4) is 0 Å². The normalized spacial score (nSPS) is 23.1. The summed E-state index contributed by atoms with van der Waals surface area (Å²) in [5.41, 5.74) is 0.561. The van der Waals surface area contributed by atoms with Crippen LogP contribution < -0.4 is 4.72 Å². The van der Waals surface area contributed by atoms with Gasteiger partial charge in [0.1, 0.15) is 0 Å². The van der Waals surface area contributed by atoms with E-state index >= 15 is 0 Å². The van der Waals surface area contributed by atoms with Crippen molar-refractivity contribution < 1.29 is 18.3 Å². The molecule has 0 spiro atoms. The number of hydrogen-bond acceptors (Lipinski definition) is 4. The van der Waals surface area contributed by atoms with E-state index in [9.17, 15) is 8.42 Å². The predicted octanol–water partition coefficient (Wildman–Crippen LogP) is 1.64. The Morgan fingerprint density at radius 1 is 1.50 bits per heavy atom. The third-order valence-corrected chi connectivity index (χ3v) is 5.95. The topological polar surface area (TPSA) is 75.6 Å². The first kappa shape index (κ1) is 15.9. The summed E-state index contributed by atoms with van der Waals surface area (Å²) in [7, 11) is -3.60. The molecule has 2 N–H and O–H groups in total. The fraction of sp³-hybridized carbons (Fsp3) is 0.538. The number of hydrogen-bond donors (Lipinski definition) is 2. The SMILES string of the molecule is CC1OCCC1CNS(=O)(=O)c1cc(CO)ccc1Br. The first-order valence-electron chi connectivity index (χ1n) is 6.44. The van der Waals surface area contributed by atoms with Crippen molar-refractivity contribution >= 4 is 26.0 Å². The van der Waals surface area contributed by atoms with Gasteiger partial charge in [0, 0.05) is 23.5 Å². The largest absolute Gasteiger partial charge is 0.392 e. The Labute approximate surface area is 127 Å². The van der Waals surface area contributed by atoms with Crippen LogP contribution in [0, 0.1) is 5.92 Å². The molecular formula is C13H18BrNO4S.